The molecule has 39 heavy (non-hydrogen) atoms. The van der Waals surface area contributed by atoms with Gasteiger partial charge in [-0.3, -0.25) is 4.79 Å². The number of hydrogen-bond donors (Lipinski definition) is 1. The lowest BCUT2D eigenvalue weighted by molar-refractivity contribution is 0.0698. The van der Waals surface area contributed by atoms with Gasteiger partial charge in [0.1, 0.15) is 11.3 Å². The van der Waals surface area contributed by atoms with E-state index in [1.54, 1.807) is 12.1 Å². The van der Waals surface area contributed by atoms with Crippen molar-refractivity contribution < 1.29 is 14.3 Å². The fraction of sp³-hybridized carbons (Fsp3) is 0.242. The minimum absolute atomic E-state index is 0.0323. The number of fused-ring (bicyclic) bond motifs is 1. The van der Waals surface area contributed by atoms with E-state index in [1.807, 2.05) is 45.0 Å². The van der Waals surface area contributed by atoms with E-state index < -0.39 is 5.97 Å². The molecule has 0 saturated carbocycles. The van der Waals surface area contributed by atoms with Gasteiger partial charge in [-0.2, -0.15) is 0 Å². The van der Waals surface area contributed by atoms with Crippen LogP contribution in [0.5, 0.6) is 0 Å². The van der Waals surface area contributed by atoms with Gasteiger partial charge in [0.15, 0.2) is 12.7 Å². The Hall–Kier alpha value is -3.69. The van der Waals surface area contributed by atoms with Crippen LogP contribution in [0.15, 0.2) is 76.0 Å². The molecule has 3 aromatic carbocycles. The highest BCUT2D eigenvalue weighted by Crippen LogP contribution is 2.30. The lowest BCUT2D eigenvalue weighted by atomic mass is 9.56. The van der Waals surface area contributed by atoms with Gasteiger partial charge < -0.3 is 9.52 Å². The first-order chi connectivity index (χ1) is 18.7. The van der Waals surface area contributed by atoms with Gasteiger partial charge >= 0.3 is 5.97 Å². The Bertz CT molecular complexity index is 1650. The number of aromatic carboxylic acids is 1. The first kappa shape index (κ1) is 28.3. The maximum Gasteiger partial charge on any atom is 0.335 e. The second-order valence-corrected chi connectivity index (χ2v) is 11.0. The SMILES string of the molecule is C/C=C(\C=P/Cc1ccccc1CC)c1oc2c(C(C)Bc3ccccc3C(=O)O)cc(C)cc2c(=O)c1C. The molecule has 0 aliphatic heterocycles. The van der Waals surface area contributed by atoms with E-state index in [9.17, 15) is 14.7 Å². The summed E-state index contributed by atoms with van der Waals surface area (Å²) < 4.78 is 6.58. The lowest BCUT2D eigenvalue weighted by Crippen LogP contribution is -2.26. The topological polar surface area (TPSA) is 67.5 Å². The Morgan fingerprint density at radius 3 is 2.46 bits per heavy atom. The van der Waals surface area contributed by atoms with E-state index in [1.165, 1.54) is 11.1 Å². The number of carboxylic acids is 1. The van der Waals surface area contributed by atoms with Crippen molar-refractivity contribution in [1.29, 1.82) is 0 Å². The van der Waals surface area contributed by atoms with Crippen LogP contribution in [0.3, 0.4) is 0 Å². The first-order valence-corrected chi connectivity index (χ1v) is 14.5. The quantitative estimate of drug-likeness (QED) is 0.188. The van der Waals surface area contributed by atoms with Crippen LogP contribution in [0.4, 0.5) is 0 Å². The highest BCUT2D eigenvalue weighted by atomic mass is 31.1. The van der Waals surface area contributed by atoms with Crippen molar-refractivity contribution in [3.05, 3.63) is 116 Å². The Kier molecular flexibility index (Phi) is 9.04. The van der Waals surface area contributed by atoms with Gasteiger partial charge in [-0.15, -0.1) is 0 Å². The number of aryl methyl sites for hydroxylation is 2. The van der Waals surface area contributed by atoms with Gasteiger partial charge in [-0.05, 0) is 73.2 Å². The van der Waals surface area contributed by atoms with Crippen molar-refractivity contribution >= 4 is 49.3 Å². The van der Waals surface area contributed by atoms with E-state index in [0.717, 1.165) is 42.9 Å². The van der Waals surface area contributed by atoms with Crippen molar-refractivity contribution in [2.24, 2.45) is 0 Å². The number of benzene rings is 3. The minimum Gasteiger partial charge on any atom is -0.478 e. The van der Waals surface area contributed by atoms with Crippen molar-refractivity contribution in [1.82, 2.24) is 0 Å². The van der Waals surface area contributed by atoms with E-state index in [-0.39, 0.29) is 11.2 Å². The van der Waals surface area contributed by atoms with E-state index in [4.69, 9.17) is 4.42 Å². The van der Waals surface area contributed by atoms with Gasteiger partial charge in [-0.1, -0.05) is 82.1 Å². The molecule has 4 aromatic rings. The van der Waals surface area contributed by atoms with Crippen LogP contribution >= 0.6 is 8.20 Å². The Morgan fingerprint density at radius 2 is 1.77 bits per heavy atom. The Morgan fingerprint density at radius 1 is 1.08 bits per heavy atom. The van der Waals surface area contributed by atoms with Gasteiger partial charge in [0.25, 0.3) is 0 Å². The van der Waals surface area contributed by atoms with Crippen LogP contribution < -0.4 is 10.9 Å². The second kappa shape index (κ2) is 12.4. The predicted octanol–water partition coefficient (Wildman–Crippen LogP) is 6.85. The molecule has 0 spiro atoms. The third-order valence-corrected chi connectivity index (χ3v) is 8.25. The van der Waals surface area contributed by atoms with Crippen LogP contribution in [-0.2, 0) is 12.6 Å². The molecule has 198 valence electrons. The zero-order chi connectivity index (χ0) is 28.1. The largest absolute Gasteiger partial charge is 0.478 e. The molecular formula is C33H34BO4P. The van der Waals surface area contributed by atoms with Crippen LogP contribution in [0, 0.1) is 13.8 Å². The molecule has 0 radical (unpaired) electrons. The molecule has 0 aliphatic rings. The zero-order valence-corrected chi connectivity index (χ0v) is 24.1. The Balaban J connectivity index is 1.76. The summed E-state index contributed by atoms with van der Waals surface area (Å²) in [5, 5.41) is 10.2. The lowest BCUT2D eigenvalue weighted by Gasteiger charge is -2.17. The molecule has 1 unspecified atom stereocenters. The Labute approximate surface area is 232 Å². The summed E-state index contributed by atoms with van der Waals surface area (Å²) in [7, 11) is 1.64. The molecule has 6 heteroatoms. The molecule has 0 bridgehead atoms. The second-order valence-electron chi connectivity index (χ2n) is 10.0. The summed E-state index contributed by atoms with van der Waals surface area (Å²) in [6.45, 7) is 9.99. The van der Waals surface area contributed by atoms with Crippen molar-refractivity contribution in [3.8, 4) is 0 Å². The van der Waals surface area contributed by atoms with Crippen molar-refractivity contribution in [2.45, 2.75) is 53.0 Å². The summed E-state index contributed by atoms with van der Waals surface area (Å²) in [6, 6.07) is 19.5. The average Bonchev–Trinajstić information content (AvgIpc) is 2.93. The third-order valence-electron chi connectivity index (χ3n) is 7.26. The van der Waals surface area contributed by atoms with Crippen molar-refractivity contribution in [2.75, 3.05) is 0 Å². The van der Waals surface area contributed by atoms with Gasteiger partial charge in [0.2, 0.25) is 0 Å². The minimum atomic E-state index is -0.940. The predicted molar refractivity (Wildman–Crippen MR) is 167 cm³/mol. The van der Waals surface area contributed by atoms with Gasteiger partial charge in [0, 0.05) is 17.3 Å². The number of allylic oxidation sites excluding steroid dienone is 2. The number of rotatable bonds is 9. The molecule has 4 nitrogen and oxygen atoms in total. The summed E-state index contributed by atoms with van der Waals surface area (Å²) in [5.74, 6) is 1.72. The van der Waals surface area contributed by atoms with E-state index >= 15 is 0 Å². The number of hydrogen-bond acceptors (Lipinski definition) is 3. The zero-order valence-electron chi connectivity index (χ0n) is 23.2. The molecule has 1 aromatic heterocycles. The fourth-order valence-electron chi connectivity index (χ4n) is 5.12. The number of carbonyl (C=O) groups is 1. The smallest absolute Gasteiger partial charge is 0.335 e. The summed E-state index contributed by atoms with van der Waals surface area (Å²) in [5.41, 5.74) is 7.67. The van der Waals surface area contributed by atoms with Crippen LogP contribution in [-0.4, -0.2) is 24.2 Å². The molecule has 0 amide bonds. The first-order valence-electron chi connectivity index (χ1n) is 13.4. The molecule has 1 atom stereocenters. The molecule has 0 saturated heterocycles. The molecule has 1 N–H and O–H groups in total. The molecule has 4 rings (SSSR count). The van der Waals surface area contributed by atoms with Gasteiger partial charge in [-0.25, -0.2) is 4.79 Å². The summed E-state index contributed by atoms with van der Waals surface area (Å²) >= 11 is 0. The standard InChI is InChI=1S/C33H34BO4P/c1-6-23-12-8-9-13-25(23)19-39-18-24(7-2)31-21(4)30(35)28-17-20(3)16-27(32(28)38-31)22(5)34-29-15-11-10-14-26(29)33(36)37/h7-18,22,34H,6,19H2,1-5H3,(H,36,37)/b24-7+. The number of carboxylic acid groups (broad SMARTS) is 1. The molecule has 0 fully saturated rings. The normalized spacial score (nSPS) is 12.7. The highest BCUT2D eigenvalue weighted by Gasteiger charge is 2.21. The maximum absolute atomic E-state index is 13.6. The van der Waals surface area contributed by atoms with Crippen LogP contribution in [0.2, 0.25) is 0 Å². The van der Waals surface area contributed by atoms with E-state index in [0.29, 0.717) is 35.1 Å². The summed E-state index contributed by atoms with van der Waals surface area (Å²) in [6.07, 6.45) is 3.89. The average molecular weight is 536 g/mol. The monoisotopic (exact) mass is 536 g/mol. The fourth-order valence-corrected chi connectivity index (χ4v) is 6.18. The molecular weight excluding hydrogens is 502 g/mol. The van der Waals surface area contributed by atoms with Crippen molar-refractivity contribution in [3.63, 3.8) is 0 Å². The van der Waals surface area contributed by atoms with Crippen LogP contribution in [0.25, 0.3) is 16.5 Å². The maximum atomic E-state index is 13.6. The summed E-state index contributed by atoms with van der Waals surface area (Å²) in [4.78, 5) is 25.4. The molecule has 0 aliphatic carbocycles. The van der Waals surface area contributed by atoms with Gasteiger partial charge in [0.05, 0.1) is 10.9 Å². The molecule has 1 heterocycles. The highest BCUT2D eigenvalue weighted by molar-refractivity contribution is 7.39. The van der Waals surface area contributed by atoms with E-state index in [2.05, 4.69) is 50.0 Å². The van der Waals surface area contributed by atoms with Crippen LogP contribution in [0.1, 0.15) is 70.5 Å². The third kappa shape index (κ3) is 6.15.